The molecule has 0 aliphatic carbocycles. The Bertz CT molecular complexity index is 801. The van der Waals surface area contributed by atoms with E-state index in [1.807, 2.05) is 0 Å². The van der Waals surface area contributed by atoms with Crippen LogP contribution in [0.4, 0.5) is 9.18 Å². The molecule has 1 saturated heterocycles. The van der Waals surface area contributed by atoms with Crippen LogP contribution in [0, 0.1) is 12.7 Å². The van der Waals surface area contributed by atoms with E-state index in [0.29, 0.717) is 10.9 Å². The minimum Gasteiger partial charge on any atom is -0.448 e. The van der Waals surface area contributed by atoms with Gasteiger partial charge in [0.25, 0.3) is 11.1 Å². The highest BCUT2D eigenvalue weighted by atomic mass is 32.2. The molecule has 23 heavy (non-hydrogen) atoms. The molecule has 0 atom stereocenters. The molecule has 0 radical (unpaired) electrons. The zero-order valence-corrected chi connectivity index (χ0v) is 13.0. The van der Waals surface area contributed by atoms with E-state index in [0.717, 1.165) is 16.7 Å². The zero-order valence-electron chi connectivity index (χ0n) is 12.2. The lowest BCUT2D eigenvalue weighted by Crippen LogP contribution is -2.37. The fourth-order valence-electron chi connectivity index (χ4n) is 2.38. The number of benzene rings is 1. The Kier molecular flexibility index (Phi) is 4.08. The molecule has 3 amide bonds. The number of aryl methyl sites for hydroxylation is 1. The molecule has 0 bridgehead atoms. The van der Waals surface area contributed by atoms with Gasteiger partial charge in [-0.25, -0.2) is 4.39 Å². The Morgan fingerprint density at radius 3 is 2.87 bits per heavy atom. The fourth-order valence-corrected chi connectivity index (χ4v) is 3.14. The quantitative estimate of drug-likeness (QED) is 0.927. The summed E-state index contributed by atoms with van der Waals surface area (Å²) in [6, 6.07) is 4.48. The van der Waals surface area contributed by atoms with Crippen LogP contribution in [-0.4, -0.2) is 40.8 Å². The molecule has 6 nitrogen and oxygen atoms in total. The van der Waals surface area contributed by atoms with Crippen molar-refractivity contribution >= 4 is 39.8 Å². The summed E-state index contributed by atoms with van der Waals surface area (Å²) < 4.78 is 19.0. The number of hydrogen-bond donors (Lipinski definition) is 1. The number of amides is 3. The average molecular weight is 336 g/mol. The number of carbonyl (C=O) groups is 3. The zero-order chi connectivity index (χ0) is 16.6. The van der Waals surface area contributed by atoms with Gasteiger partial charge in [0, 0.05) is 24.0 Å². The van der Waals surface area contributed by atoms with E-state index < -0.39 is 11.7 Å². The van der Waals surface area contributed by atoms with Gasteiger partial charge >= 0.3 is 0 Å². The molecule has 1 aromatic heterocycles. The van der Waals surface area contributed by atoms with Crippen LogP contribution in [0.3, 0.4) is 0 Å². The summed E-state index contributed by atoms with van der Waals surface area (Å²) in [4.78, 5) is 36.1. The van der Waals surface area contributed by atoms with E-state index in [1.54, 1.807) is 19.1 Å². The van der Waals surface area contributed by atoms with Crippen LogP contribution in [0.5, 0.6) is 0 Å². The van der Waals surface area contributed by atoms with Gasteiger partial charge in [-0.05, 0) is 13.0 Å². The number of halogens is 1. The monoisotopic (exact) mass is 336 g/mol. The van der Waals surface area contributed by atoms with Crippen molar-refractivity contribution in [1.29, 1.82) is 0 Å². The van der Waals surface area contributed by atoms with E-state index in [1.165, 1.54) is 6.07 Å². The van der Waals surface area contributed by atoms with Crippen molar-refractivity contribution in [3.8, 4) is 0 Å². The predicted octanol–water partition coefficient (Wildman–Crippen LogP) is 2.31. The van der Waals surface area contributed by atoms with Gasteiger partial charge in [0.1, 0.15) is 0 Å². The first-order valence-electron chi connectivity index (χ1n) is 6.92. The maximum absolute atomic E-state index is 13.7. The highest BCUT2D eigenvalue weighted by molar-refractivity contribution is 8.14. The number of fused-ring (bicyclic) bond motifs is 1. The Morgan fingerprint density at radius 2 is 2.22 bits per heavy atom. The maximum Gasteiger partial charge on any atom is 0.288 e. The number of carbonyl (C=O) groups excluding carboxylic acids is 3. The number of rotatable bonds is 4. The van der Waals surface area contributed by atoms with Crippen molar-refractivity contribution in [1.82, 2.24) is 10.2 Å². The molecule has 1 aliphatic rings. The smallest absolute Gasteiger partial charge is 0.288 e. The fraction of sp³-hybridized carbons (Fsp3) is 0.267. The molecule has 2 aromatic rings. The number of nitrogens with one attached hydrogen (secondary N) is 1. The third-order valence-electron chi connectivity index (χ3n) is 3.58. The summed E-state index contributed by atoms with van der Waals surface area (Å²) in [6.07, 6.45) is 0. The van der Waals surface area contributed by atoms with E-state index in [9.17, 15) is 18.8 Å². The minimum absolute atomic E-state index is 0.0264. The van der Waals surface area contributed by atoms with E-state index in [-0.39, 0.29) is 41.3 Å². The van der Waals surface area contributed by atoms with Gasteiger partial charge in [0.2, 0.25) is 5.91 Å². The van der Waals surface area contributed by atoms with E-state index in [2.05, 4.69) is 5.32 Å². The second-order valence-electron chi connectivity index (χ2n) is 5.03. The summed E-state index contributed by atoms with van der Waals surface area (Å²) in [7, 11) is 0. The molecule has 8 heteroatoms. The molecule has 120 valence electrons. The Labute approximate surface area is 135 Å². The summed E-state index contributed by atoms with van der Waals surface area (Å²) in [5.74, 6) is -1.15. The highest BCUT2D eigenvalue weighted by Gasteiger charge is 2.29. The van der Waals surface area contributed by atoms with Gasteiger partial charge < -0.3 is 9.73 Å². The Balaban J connectivity index is 1.69. The molecule has 3 rings (SSSR count). The molecule has 0 spiro atoms. The highest BCUT2D eigenvalue weighted by Crippen LogP contribution is 2.27. The Morgan fingerprint density at radius 1 is 1.43 bits per heavy atom. The lowest BCUT2D eigenvalue weighted by molar-refractivity contribution is -0.124. The lowest BCUT2D eigenvalue weighted by atomic mass is 10.1. The second-order valence-corrected chi connectivity index (χ2v) is 5.96. The van der Waals surface area contributed by atoms with Crippen LogP contribution in [-0.2, 0) is 4.79 Å². The molecular weight excluding hydrogens is 323 g/mol. The van der Waals surface area contributed by atoms with Crippen LogP contribution in [0.25, 0.3) is 11.0 Å². The number of para-hydroxylation sites is 1. The predicted molar refractivity (Wildman–Crippen MR) is 82.8 cm³/mol. The molecule has 0 unspecified atom stereocenters. The van der Waals surface area contributed by atoms with Crippen molar-refractivity contribution in [3.63, 3.8) is 0 Å². The molecular formula is C15H13FN2O4S. The van der Waals surface area contributed by atoms with Gasteiger partial charge in [-0.2, -0.15) is 0 Å². The van der Waals surface area contributed by atoms with Gasteiger partial charge in [-0.3, -0.25) is 19.3 Å². The molecule has 2 heterocycles. The van der Waals surface area contributed by atoms with Crippen molar-refractivity contribution in [2.24, 2.45) is 0 Å². The third-order valence-corrected chi connectivity index (χ3v) is 4.44. The average Bonchev–Trinajstić information content (AvgIpc) is 3.03. The maximum atomic E-state index is 13.7. The van der Waals surface area contributed by atoms with Crippen molar-refractivity contribution in [2.45, 2.75) is 6.92 Å². The number of nitrogens with zero attached hydrogens (tertiary/aromatic N) is 1. The van der Waals surface area contributed by atoms with Gasteiger partial charge in [0.15, 0.2) is 17.2 Å². The molecule has 1 N–H and O–H groups in total. The van der Waals surface area contributed by atoms with Crippen LogP contribution in [0.1, 0.15) is 16.1 Å². The Hall–Kier alpha value is -2.35. The first-order valence-corrected chi connectivity index (χ1v) is 7.90. The number of hydrogen-bond acceptors (Lipinski definition) is 5. The molecule has 1 aliphatic heterocycles. The van der Waals surface area contributed by atoms with Crippen LogP contribution >= 0.6 is 11.8 Å². The van der Waals surface area contributed by atoms with Crippen molar-refractivity contribution in [2.75, 3.05) is 18.8 Å². The molecule has 1 fully saturated rings. The number of imide groups is 1. The summed E-state index contributed by atoms with van der Waals surface area (Å²) in [5.41, 5.74) is 0.581. The van der Waals surface area contributed by atoms with Gasteiger partial charge in [-0.15, -0.1) is 0 Å². The minimum atomic E-state index is -0.532. The SMILES string of the molecule is Cc1c(C(=O)NCCN2C(=O)CSC2=O)oc2c(F)cccc12. The largest absolute Gasteiger partial charge is 0.448 e. The summed E-state index contributed by atoms with van der Waals surface area (Å²) in [6.45, 7) is 1.88. The molecule has 0 saturated carbocycles. The van der Waals surface area contributed by atoms with Crippen molar-refractivity contribution in [3.05, 3.63) is 35.3 Å². The van der Waals surface area contributed by atoms with Gasteiger partial charge in [-0.1, -0.05) is 23.9 Å². The van der Waals surface area contributed by atoms with Crippen LogP contribution in [0.15, 0.2) is 22.6 Å². The van der Waals surface area contributed by atoms with Crippen molar-refractivity contribution < 1.29 is 23.2 Å². The lowest BCUT2D eigenvalue weighted by Gasteiger charge is -2.12. The standard InChI is InChI=1S/C15H13FN2O4S/c1-8-9-3-2-4-10(16)13(9)22-12(8)14(20)17-5-6-18-11(19)7-23-15(18)21/h2-4H,5-7H2,1H3,(H,17,20). The van der Waals surface area contributed by atoms with E-state index >= 15 is 0 Å². The normalized spacial score (nSPS) is 14.8. The van der Waals surface area contributed by atoms with Crippen LogP contribution < -0.4 is 5.32 Å². The number of thioether (sulfide) groups is 1. The molecule has 1 aromatic carbocycles. The summed E-state index contributed by atoms with van der Waals surface area (Å²) in [5, 5.41) is 2.80. The van der Waals surface area contributed by atoms with Gasteiger partial charge in [0.05, 0.1) is 5.75 Å². The second kappa shape index (κ2) is 6.04. The first-order chi connectivity index (χ1) is 11.0. The summed E-state index contributed by atoms with van der Waals surface area (Å²) >= 11 is 0.940. The van der Waals surface area contributed by atoms with E-state index in [4.69, 9.17) is 4.42 Å². The topological polar surface area (TPSA) is 79.6 Å². The van der Waals surface area contributed by atoms with Crippen LogP contribution in [0.2, 0.25) is 0 Å². The third kappa shape index (κ3) is 2.81. The number of furan rings is 1. The first kappa shape index (κ1) is 15.5.